The minimum absolute atomic E-state index is 0.733. The molecule has 0 saturated carbocycles. The summed E-state index contributed by atoms with van der Waals surface area (Å²) in [4.78, 5) is 0. The molecule has 0 unspecified atom stereocenters. The van der Waals surface area contributed by atoms with Crippen molar-refractivity contribution >= 4 is 27.5 Å². The van der Waals surface area contributed by atoms with Crippen LogP contribution in [-0.2, 0) is 13.1 Å². The van der Waals surface area contributed by atoms with Crippen molar-refractivity contribution in [2.75, 3.05) is 7.11 Å². The molecule has 0 aliphatic rings. The first-order valence-electron chi connectivity index (χ1n) is 5.96. The van der Waals surface area contributed by atoms with E-state index in [1.807, 2.05) is 36.4 Å². The maximum atomic E-state index is 5.96. The number of halogens is 2. The molecule has 2 aromatic carbocycles. The molecule has 0 aliphatic carbocycles. The van der Waals surface area contributed by atoms with Gasteiger partial charge in [-0.15, -0.1) is 0 Å². The smallest absolute Gasteiger partial charge is 0.119 e. The third kappa shape index (κ3) is 4.23. The zero-order valence-corrected chi connectivity index (χ0v) is 13.0. The summed E-state index contributed by atoms with van der Waals surface area (Å²) in [6, 6.07) is 14.0. The van der Waals surface area contributed by atoms with Gasteiger partial charge in [-0.3, -0.25) is 0 Å². The number of nitrogens with one attached hydrogen (secondary N) is 1. The minimum atomic E-state index is 0.733. The lowest BCUT2D eigenvalue weighted by Crippen LogP contribution is -2.12. The highest BCUT2D eigenvalue weighted by atomic mass is 79.9. The molecule has 19 heavy (non-hydrogen) atoms. The van der Waals surface area contributed by atoms with Crippen LogP contribution in [0, 0.1) is 0 Å². The Kier molecular flexibility index (Phi) is 5.25. The van der Waals surface area contributed by atoms with Crippen LogP contribution in [0.2, 0.25) is 5.02 Å². The molecule has 0 bridgehead atoms. The van der Waals surface area contributed by atoms with Crippen LogP contribution in [0.3, 0.4) is 0 Å². The molecule has 100 valence electrons. The van der Waals surface area contributed by atoms with Gasteiger partial charge in [0.15, 0.2) is 0 Å². The first-order chi connectivity index (χ1) is 9.19. The minimum Gasteiger partial charge on any atom is -0.497 e. The van der Waals surface area contributed by atoms with Crippen molar-refractivity contribution < 1.29 is 4.74 Å². The van der Waals surface area contributed by atoms with Gasteiger partial charge in [0.25, 0.3) is 0 Å². The summed E-state index contributed by atoms with van der Waals surface area (Å²) in [6.45, 7) is 1.60. The van der Waals surface area contributed by atoms with Crippen LogP contribution in [0.5, 0.6) is 5.75 Å². The Morgan fingerprint density at radius 3 is 2.53 bits per heavy atom. The fourth-order valence-corrected chi connectivity index (χ4v) is 2.33. The third-order valence-corrected chi connectivity index (χ3v) is 3.99. The van der Waals surface area contributed by atoms with E-state index in [9.17, 15) is 0 Å². The van der Waals surface area contributed by atoms with Crippen molar-refractivity contribution in [3.8, 4) is 5.75 Å². The molecule has 0 amide bonds. The molecular weight excluding hydrogens is 326 g/mol. The molecule has 2 rings (SSSR count). The number of methoxy groups -OCH3 is 1. The van der Waals surface area contributed by atoms with E-state index < -0.39 is 0 Å². The van der Waals surface area contributed by atoms with Crippen LogP contribution in [-0.4, -0.2) is 7.11 Å². The van der Waals surface area contributed by atoms with Gasteiger partial charge in [-0.2, -0.15) is 0 Å². The molecule has 0 atom stereocenters. The van der Waals surface area contributed by atoms with Crippen molar-refractivity contribution in [3.63, 3.8) is 0 Å². The quantitative estimate of drug-likeness (QED) is 0.871. The standard InChI is InChI=1S/C15H15BrClNO/c1-19-13-4-2-3-11(7-13)9-18-10-12-5-6-15(17)14(16)8-12/h2-8,18H,9-10H2,1H3. The van der Waals surface area contributed by atoms with E-state index in [2.05, 4.69) is 27.3 Å². The van der Waals surface area contributed by atoms with Crippen LogP contribution < -0.4 is 10.1 Å². The van der Waals surface area contributed by atoms with E-state index in [0.29, 0.717) is 0 Å². The van der Waals surface area contributed by atoms with E-state index >= 15 is 0 Å². The van der Waals surface area contributed by atoms with Gasteiger partial charge in [0, 0.05) is 17.6 Å². The first-order valence-corrected chi connectivity index (χ1v) is 7.13. The van der Waals surface area contributed by atoms with Crippen LogP contribution in [0.25, 0.3) is 0 Å². The van der Waals surface area contributed by atoms with E-state index in [1.54, 1.807) is 7.11 Å². The van der Waals surface area contributed by atoms with Gasteiger partial charge in [-0.05, 0) is 51.3 Å². The monoisotopic (exact) mass is 339 g/mol. The van der Waals surface area contributed by atoms with Gasteiger partial charge in [-0.25, -0.2) is 0 Å². The lowest BCUT2D eigenvalue weighted by molar-refractivity contribution is 0.414. The second-order valence-electron chi connectivity index (χ2n) is 4.20. The predicted molar refractivity (Wildman–Crippen MR) is 82.7 cm³/mol. The van der Waals surface area contributed by atoms with Gasteiger partial charge in [0.05, 0.1) is 12.1 Å². The molecule has 2 nitrogen and oxygen atoms in total. The van der Waals surface area contributed by atoms with Gasteiger partial charge >= 0.3 is 0 Å². The molecule has 0 fully saturated rings. The second-order valence-corrected chi connectivity index (χ2v) is 5.47. The van der Waals surface area contributed by atoms with Crippen molar-refractivity contribution in [1.82, 2.24) is 5.32 Å². The topological polar surface area (TPSA) is 21.3 Å². The summed E-state index contributed by atoms with van der Waals surface area (Å²) < 4.78 is 6.13. The average molecular weight is 341 g/mol. The van der Waals surface area contributed by atoms with E-state index in [1.165, 1.54) is 11.1 Å². The molecular formula is C15H15BrClNO. The zero-order valence-electron chi connectivity index (χ0n) is 10.6. The maximum absolute atomic E-state index is 5.96. The predicted octanol–water partition coefficient (Wildman–Crippen LogP) is 4.40. The Labute approximate surface area is 126 Å². The average Bonchev–Trinajstić information content (AvgIpc) is 2.43. The highest BCUT2D eigenvalue weighted by Gasteiger charge is 2.00. The number of hydrogen-bond acceptors (Lipinski definition) is 2. The number of benzene rings is 2. The highest BCUT2D eigenvalue weighted by Crippen LogP contribution is 2.23. The second kappa shape index (κ2) is 6.94. The van der Waals surface area contributed by atoms with Gasteiger partial charge < -0.3 is 10.1 Å². The molecule has 0 saturated heterocycles. The van der Waals surface area contributed by atoms with E-state index in [4.69, 9.17) is 16.3 Å². The van der Waals surface area contributed by atoms with Crippen LogP contribution in [0.15, 0.2) is 46.9 Å². The normalized spacial score (nSPS) is 10.5. The van der Waals surface area contributed by atoms with Gasteiger partial charge in [-0.1, -0.05) is 29.8 Å². The number of ether oxygens (including phenoxy) is 1. The summed E-state index contributed by atoms with van der Waals surface area (Å²) >= 11 is 9.39. The Hall–Kier alpha value is -1.03. The number of rotatable bonds is 5. The summed E-state index contributed by atoms with van der Waals surface area (Å²) in [6.07, 6.45) is 0. The van der Waals surface area contributed by atoms with Gasteiger partial charge in [0.1, 0.15) is 5.75 Å². The fraction of sp³-hybridized carbons (Fsp3) is 0.200. The lowest BCUT2D eigenvalue weighted by Gasteiger charge is -2.07. The van der Waals surface area contributed by atoms with Crippen LogP contribution >= 0.6 is 27.5 Å². The largest absolute Gasteiger partial charge is 0.497 e. The molecule has 2 aromatic rings. The molecule has 0 radical (unpaired) electrons. The van der Waals surface area contributed by atoms with Crippen molar-refractivity contribution in [2.24, 2.45) is 0 Å². The molecule has 0 aliphatic heterocycles. The molecule has 0 heterocycles. The van der Waals surface area contributed by atoms with Gasteiger partial charge in [0.2, 0.25) is 0 Å². The van der Waals surface area contributed by atoms with Crippen molar-refractivity contribution in [2.45, 2.75) is 13.1 Å². The first kappa shape index (κ1) is 14.4. The Bertz CT molecular complexity index is 560. The third-order valence-electron chi connectivity index (χ3n) is 2.78. The maximum Gasteiger partial charge on any atom is 0.119 e. The van der Waals surface area contributed by atoms with E-state index in [0.717, 1.165) is 28.3 Å². The molecule has 4 heteroatoms. The SMILES string of the molecule is COc1cccc(CNCc2ccc(Cl)c(Br)c2)c1. The van der Waals surface area contributed by atoms with Crippen LogP contribution in [0.1, 0.15) is 11.1 Å². The van der Waals surface area contributed by atoms with E-state index in [-0.39, 0.29) is 0 Å². The lowest BCUT2D eigenvalue weighted by atomic mass is 10.2. The van der Waals surface area contributed by atoms with Crippen molar-refractivity contribution in [1.29, 1.82) is 0 Å². The molecule has 1 N–H and O–H groups in total. The fourth-order valence-electron chi connectivity index (χ4n) is 1.78. The highest BCUT2D eigenvalue weighted by molar-refractivity contribution is 9.10. The summed E-state index contributed by atoms with van der Waals surface area (Å²) in [5, 5.41) is 4.13. The summed E-state index contributed by atoms with van der Waals surface area (Å²) in [5.41, 5.74) is 2.39. The summed E-state index contributed by atoms with van der Waals surface area (Å²) in [5.74, 6) is 0.883. The summed E-state index contributed by atoms with van der Waals surface area (Å²) in [7, 11) is 1.68. The molecule has 0 aromatic heterocycles. The van der Waals surface area contributed by atoms with Crippen molar-refractivity contribution in [3.05, 3.63) is 63.1 Å². The molecule has 0 spiro atoms. The Morgan fingerprint density at radius 2 is 1.84 bits per heavy atom. The van der Waals surface area contributed by atoms with Crippen LogP contribution in [0.4, 0.5) is 0 Å². The Morgan fingerprint density at radius 1 is 1.11 bits per heavy atom. The number of hydrogen-bond donors (Lipinski definition) is 1. The zero-order chi connectivity index (χ0) is 13.7. The Balaban J connectivity index is 1.90.